The molecule has 1 unspecified atom stereocenters. The number of aliphatic hydroxyl groups is 1. The van der Waals surface area contributed by atoms with Crippen molar-refractivity contribution in [3.8, 4) is 0 Å². The van der Waals surface area contributed by atoms with Crippen LogP contribution in [0, 0.1) is 11.6 Å². The van der Waals surface area contributed by atoms with E-state index in [-0.39, 0.29) is 6.04 Å². The fraction of sp³-hybridized carbons (Fsp3) is 0.571. The zero-order chi connectivity index (χ0) is 13.8. The lowest BCUT2D eigenvalue weighted by Gasteiger charge is -2.20. The molecule has 0 spiro atoms. The summed E-state index contributed by atoms with van der Waals surface area (Å²) in [5, 5.41) is 12.7. The Morgan fingerprint density at radius 3 is 2.22 bits per heavy atom. The third kappa shape index (κ3) is 5.10. The van der Waals surface area contributed by atoms with Gasteiger partial charge in [0.1, 0.15) is 11.6 Å². The summed E-state index contributed by atoms with van der Waals surface area (Å²) in [4.78, 5) is 0. The van der Waals surface area contributed by atoms with Gasteiger partial charge in [-0.3, -0.25) is 0 Å². The molecule has 0 saturated carbocycles. The number of nitrogens with one attached hydrogen (secondary N) is 1. The SMILES string of the molecule is CNC(CCCC(C)(C)O)c1cc(F)cc(F)c1. The molecule has 1 aromatic rings. The van der Waals surface area contributed by atoms with Gasteiger partial charge in [-0.05, 0) is 57.9 Å². The molecule has 0 fully saturated rings. The van der Waals surface area contributed by atoms with E-state index in [1.54, 1.807) is 20.9 Å². The molecule has 0 radical (unpaired) electrons. The molecule has 1 atom stereocenters. The predicted octanol–water partition coefficient (Wildman–Crippen LogP) is 3.17. The van der Waals surface area contributed by atoms with E-state index in [1.165, 1.54) is 12.1 Å². The second kappa shape index (κ2) is 6.25. The zero-order valence-electron chi connectivity index (χ0n) is 11.1. The zero-order valence-corrected chi connectivity index (χ0v) is 11.1. The molecule has 1 rings (SSSR count). The van der Waals surface area contributed by atoms with Crippen molar-refractivity contribution < 1.29 is 13.9 Å². The molecule has 0 heterocycles. The van der Waals surface area contributed by atoms with Crippen LogP contribution in [0.4, 0.5) is 8.78 Å². The number of hydrogen-bond donors (Lipinski definition) is 2. The van der Waals surface area contributed by atoms with E-state index in [9.17, 15) is 13.9 Å². The Bertz CT molecular complexity index is 368. The molecular weight excluding hydrogens is 236 g/mol. The highest BCUT2D eigenvalue weighted by atomic mass is 19.1. The number of hydrogen-bond acceptors (Lipinski definition) is 2. The van der Waals surface area contributed by atoms with Crippen molar-refractivity contribution in [1.29, 1.82) is 0 Å². The second-order valence-electron chi connectivity index (χ2n) is 5.25. The number of halogens is 2. The van der Waals surface area contributed by atoms with Gasteiger partial charge < -0.3 is 10.4 Å². The quantitative estimate of drug-likeness (QED) is 0.820. The standard InChI is InChI=1S/C14H21F2NO/c1-14(2,18)6-4-5-13(17-3)10-7-11(15)9-12(16)8-10/h7-9,13,17-18H,4-6H2,1-3H3. The molecule has 18 heavy (non-hydrogen) atoms. The molecule has 102 valence electrons. The Labute approximate surface area is 107 Å². The van der Waals surface area contributed by atoms with Gasteiger partial charge in [0, 0.05) is 12.1 Å². The Morgan fingerprint density at radius 1 is 1.22 bits per heavy atom. The number of benzene rings is 1. The van der Waals surface area contributed by atoms with Crippen LogP contribution in [0.5, 0.6) is 0 Å². The fourth-order valence-electron chi connectivity index (χ4n) is 1.99. The summed E-state index contributed by atoms with van der Waals surface area (Å²) in [6.45, 7) is 3.51. The van der Waals surface area contributed by atoms with Crippen molar-refractivity contribution in [3.05, 3.63) is 35.4 Å². The van der Waals surface area contributed by atoms with E-state index >= 15 is 0 Å². The maximum atomic E-state index is 13.1. The molecule has 2 N–H and O–H groups in total. The molecule has 0 aromatic heterocycles. The van der Waals surface area contributed by atoms with Crippen LogP contribution in [0.3, 0.4) is 0 Å². The van der Waals surface area contributed by atoms with E-state index < -0.39 is 17.2 Å². The van der Waals surface area contributed by atoms with Crippen LogP contribution in [-0.4, -0.2) is 17.8 Å². The summed E-state index contributed by atoms with van der Waals surface area (Å²) >= 11 is 0. The summed E-state index contributed by atoms with van der Waals surface area (Å²) in [7, 11) is 1.76. The average Bonchev–Trinajstić information content (AvgIpc) is 2.21. The fourth-order valence-corrected chi connectivity index (χ4v) is 1.99. The molecular formula is C14H21F2NO. The number of rotatable bonds is 6. The van der Waals surface area contributed by atoms with Gasteiger partial charge in [0.2, 0.25) is 0 Å². The molecule has 0 aliphatic carbocycles. The third-order valence-corrected chi connectivity index (χ3v) is 2.92. The molecule has 1 aromatic carbocycles. The van der Waals surface area contributed by atoms with Crippen LogP contribution in [0.15, 0.2) is 18.2 Å². The summed E-state index contributed by atoms with van der Waals surface area (Å²) in [5.41, 5.74) is -0.100. The lowest BCUT2D eigenvalue weighted by Crippen LogP contribution is -2.21. The van der Waals surface area contributed by atoms with E-state index in [2.05, 4.69) is 5.32 Å². The van der Waals surface area contributed by atoms with Gasteiger partial charge in [0.05, 0.1) is 5.60 Å². The van der Waals surface area contributed by atoms with Gasteiger partial charge in [-0.15, -0.1) is 0 Å². The van der Waals surface area contributed by atoms with Crippen molar-refractivity contribution in [3.63, 3.8) is 0 Å². The Kier molecular flexibility index (Phi) is 5.23. The van der Waals surface area contributed by atoms with Gasteiger partial charge in [-0.25, -0.2) is 8.78 Å². The van der Waals surface area contributed by atoms with E-state index in [1.807, 2.05) is 0 Å². The summed E-state index contributed by atoms with van der Waals surface area (Å²) in [6.07, 6.45) is 2.17. The van der Waals surface area contributed by atoms with Crippen molar-refractivity contribution in [2.75, 3.05) is 7.05 Å². The van der Waals surface area contributed by atoms with Gasteiger partial charge >= 0.3 is 0 Å². The van der Waals surface area contributed by atoms with Crippen LogP contribution >= 0.6 is 0 Å². The van der Waals surface area contributed by atoms with Gasteiger partial charge in [-0.1, -0.05) is 0 Å². The van der Waals surface area contributed by atoms with E-state index in [0.29, 0.717) is 12.0 Å². The van der Waals surface area contributed by atoms with Crippen LogP contribution in [0.25, 0.3) is 0 Å². The smallest absolute Gasteiger partial charge is 0.126 e. The van der Waals surface area contributed by atoms with Crippen LogP contribution in [0.2, 0.25) is 0 Å². The summed E-state index contributed by atoms with van der Waals surface area (Å²) in [5.74, 6) is -1.12. The van der Waals surface area contributed by atoms with Crippen LogP contribution in [-0.2, 0) is 0 Å². The van der Waals surface area contributed by atoms with E-state index in [4.69, 9.17) is 0 Å². The molecule has 0 amide bonds. The summed E-state index contributed by atoms with van der Waals surface area (Å²) in [6, 6.07) is 3.45. The normalized spacial score (nSPS) is 13.7. The summed E-state index contributed by atoms with van der Waals surface area (Å²) < 4.78 is 26.3. The highest BCUT2D eigenvalue weighted by Gasteiger charge is 2.15. The first-order valence-electron chi connectivity index (χ1n) is 6.17. The second-order valence-corrected chi connectivity index (χ2v) is 5.25. The van der Waals surface area contributed by atoms with Crippen LogP contribution < -0.4 is 5.32 Å². The molecule has 0 aliphatic rings. The minimum absolute atomic E-state index is 0.0995. The van der Waals surface area contributed by atoms with Crippen LogP contribution in [0.1, 0.15) is 44.7 Å². The highest BCUT2D eigenvalue weighted by molar-refractivity contribution is 5.21. The average molecular weight is 257 g/mol. The van der Waals surface area contributed by atoms with Crippen molar-refractivity contribution in [2.24, 2.45) is 0 Å². The Hall–Kier alpha value is -1.00. The van der Waals surface area contributed by atoms with Crippen molar-refractivity contribution in [2.45, 2.75) is 44.8 Å². The minimum Gasteiger partial charge on any atom is -0.390 e. The first-order valence-corrected chi connectivity index (χ1v) is 6.17. The monoisotopic (exact) mass is 257 g/mol. The van der Waals surface area contributed by atoms with Gasteiger partial charge in [0.25, 0.3) is 0 Å². The Morgan fingerprint density at radius 2 is 1.78 bits per heavy atom. The largest absolute Gasteiger partial charge is 0.390 e. The first-order chi connectivity index (χ1) is 8.31. The van der Waals surface area contributed by atoms with E-state index in [0.717, 1.165) is 18.9 Å². The Balaban J connectivity index is 2.65. The van der Waals surface area contributed by atoms with Gasteiger partial charge in [-0.2, -0.15) is 0 Å². The van der Waals surface area contributed by atoms with Gasteiger partial charge in [0.15, 0.2) is 0 Å². The molecule has 0 aliphatic heterocycles. The lowest BCUT2D eigenvalue weighted by molar-refractivity contribution is 0.0674. The maximum Gasteiger partial charge on any atom is 0.126 e. The third-order valence-electron chi connectivity index (χ3n) is 2.92. The van der Waals surface area contributed by atoms with Crippen molar-refractivity contribution >= 4 is 0 Å². The topological polar surface area (TPSA) is 32.3 Å². The molecule has 2 nitrogen and oxygen atoms in total. The molecule has 0 bridgehead atoms. The maximum absolute atomic E-state index is 13.1. The van der Waals surface area contributed by atoms with Crippen molar-refractivity contribution in [1.82, 2.24) is 5.32 Å². The molecule has 4 heteroatoms. The highest BCUT2D eigenvalue weighted by Crippen LogP contribution is 2.23. The first kappa shape index (κ1) is 15.1. The predicted molar refractivity (Wildman–Crippen MR) is 68.3 cm³/mol. The molecule has 0 saturated heterocycles. The minimum atomic E-state index is -0.703. The lowest BCUT2D eigenvalue weighted by atomic mass is 9.96.